The number of nitrogens with zero attached hydrogens (tertiary/aromatic N) is 4. The normalized spacial score (nSPS) is 31.2. The van der Waals surface area contributed by atoms with Gasteiger partial charge in [-0.1, -0.05) is 25.4 Å². The summed E-state index contributed by atoms with van der Waals surface area (Å²) in [5.74, 6) is 1.04. The van der Waals surface area contributed by atoms with E-state index in [1.165, 1.54) is 11.9 Å². The van der Waals surface area contributed by atoms with Gasteiger partial charge in [0.2, 0.25) is 0 Å². The van der Waals surface area contributed by atoms with Crippen LogP contribution in [-0.4, -0.2) is 36.3 Å². The zero-order valence-corrected chi connectivity index (χ0v) is 13.2. The van der Waals surface area contributed by atoms with E-state index in [0.717, 1.165) is 17.8 Å². The number of hydrogen-bond donors (Lipinski definition) is 0. The topological polar surface area (TPSA) is 40.3 Å². The van der Waals surface area contributed by atoms with Crippen molar-refractivity contribution in [2.75, 3.05) is 6.54 Å². The van der Waals surface area contributed by atoms with Gasteiger partial charge in [0.05, 0.1) is 18.3 Å². The molecule has 4 nitrogen and oxygen atoms in total. The fourth-order valence-electron chi connectivity index (χ4n) is 2.77. The Labute approximate surface area is 130 Å². The molecule has 110 valence electrons. The summed E-state index contributed by atoms with van der Waals surface area (Å²) in [5, 5.41) is 0.510. The second-order valence-corrected chi connectivity index (χ2v) is 6.14. The molecule has 0 radical (unpaired) electrons. The molecule has 3 unspecified atom stereocenters. The Bertz CT molecular complexity index is 624. The van der Waals surface area contributed by atoms with Crippen molar-refractivity contribution in [3.05, 3.63) is 34.3 Å². The smallest absolute Gasteiger partial charge is 0.136 e. The average molecular weight is 303 g/mol. The number of fused-ring (bicyclic) bond motifs is 1. The van der Waals surface area contributed by atoms with Gasteiger partial charge in [0.25, 0.3) is 0 Å². The van der Waals surface area contributed by atoms with Crippen molar-refractivity contribution in [1.82, 2.24) is 4.90 Å². The SMILES string of the molecule is CC1=C(CN2C=CC3=C(Cl)N=CN=CC32)N=CC(C)C1C. The lowest BCUT2D eigenvalue weighted by atomic mass is 9.87. The van der Waals surface area contributed by atoms with Crippen molar-refractivity contribution >= 4 is 30.4 Å². The molecule has 21 heavy (non-hydrogen) atoms. The number of rotatable bonds is 2. The van der Waals surface area contributed by atoms with E-state index in [0.29, 0.717) is 17.0 Å². The van der Waals surface area contributed by atoms with Crippen LogP contribution in [0.15, 0.2) is 49.3 Å². The van der Waals surface area contributed by atoms with E-state index in [4.69, 9.17) is 11.6 Å². The molecule has 0 saturated carbocycles. The number of allylic oxidation sites excluding steroid dienone is 1. The van der Waals surface area contributed by atoms with E-state index in [-0.39, 0.29) is 6.04 Å². The second kappa shape index (κ2) is 5.60. The third kappa shape index (κ3) is 2.60. The van der Waals surface area contributed by atoms with Crippen LogP contribution in [0, 0.1) is 11.8 Å². The van der Waals surface area contributed by atoms with E-state index < -0.39 is 0 Å². The molecule has 0 aromatic heterocycles. The molecule has 0 aromatic carbocycles. The van der Waals surface area contributed by atoms with Gasteiger partial charge in [-0.2, -0.15) is 0 Å². The first kappa shape index (κ1) is 14.3. The van der Waals surface area contributed by atoms with Crippen LogP contribution >= 0.6 is 11.6 Å². The molecular weight excluding hydrogens is 284 g/mol. The minimum Gasteiger partial charge on any atom is -0.359 e. The largest absolute Gasteiger partial charge is 0.359 e. The molecule has 3 rings (SSSR count). The zero-order valence-electron chi connectivity index (χ0n) is 12.5. The summed E-state index contributed by atoms with van der Waals surface area (Å²) >= 11 is 6.18. The molecule has 0 saturated heterocycles. The van der Waals surface area contributed by atoms with Crippen LogP contribution in [0.25, 0.3) is 0 Å². The van der Waals surface area contributed by atoms with Crippen molar-refractivity contribution in [3.8, 4) is 0 Å². The molecule has 5 heteroatoms. The van der Waals surface area contributed by atoms with E-state index in [1.54, 1.807) is 0 Å². The summed E-state index contributed by atoms with van der Waals surface area (Å²) in [7, 11) is 0. The van der Waals surface area contributed by atoms with E-state index in [9.17, 15) is 0 Å². The predicted octanol–water partition coefficient (Wildman–Crippen LogP) is 3.38. The van der Waals surface area contributed by atoms with Crippen LogP contribution in [0.5, 0.6) is 0 Å². The molecule has 3 aliphatic rings. The quantitative estimate of drug-likeness (QED) is 0.721. The van der Waals surface area contributed by atoms with Gasteiger partial charge in [0.1, 0.15) is 11.5 Å². The van der Waals surface area contributed by atoms with Gasteiger partial charge in [-0.3, -0.25) is 4.99 Å². The van der Waals surface area contributed by atoms with Crippen molar-refractivity contribution in [1.29, 1.82) is 0 Å². The van der Waals surface area contributed by atoms with Gasteiger partial charge in [0, 0.05) is 24.2 Å². The van der Waals surface area contributed by atoms with Crippen LogP contribution in [0.2, 0.25) is 0 Å². The first-order valence-electron chi connectivity index (χ1n) is 7.21. The monoisotopic (exact) mass is 302 g/mol. The van der Waals surface area contributed by atoms with Crippen molar-refractivity contribution in [2.45, 2.75) is 26.8 Å². The lowest BCUT2D eigenvalue weighted by Crippen LogP contribution is -2.32. The van der Waals surface area contributed by atoms with Gasteiger partial charge in [0.15, 0.2) is 0 Å². The number of aliphatic imine (C=N–C) groups is 3. The van der Waals surface area contributed by atoms with E-state index >= 15 is 0 Å². The highest BCUT2D eigenvalue weighted by Crippen LogP contribution is 2.31. The standard InChI is InChI=1S/C16H19ClN4/c1-10-6-19-14(12(3)11(10)2)8-21-5-4-13-15(21)7-18-9-20-16(13)17/h4-7,9-11,15H,8H2,1-3H3. The van der Waals surface area contributed by atoms with E-state index in [2.05, 4.69) is 46.9 Å². The summed E-state index contributed by atoms with van der Waals surface area (Å²) in [5.41, 5.74) is 3.50. The lowest BCUT2D eigenvalue weighted by Gasteiger charge is -2.28. The Morgan fingerprint density at radius 1 is 1.24 bits per heavy atom. The fraction of sp³-hybridized carbons (Fsp3) is 0.438. The Morgan fingerprint density at radius 3 is 2.86 bits per heavy atom. The van der Waals surface area contributed by atoms with Gasteiger partial charge in [-0.05, 0) is 30.4 Å². The molecule has 3 aliphatic heterocycles. The third-order valence-corrected chi connectivity index (χ3v) is 4.87. The molecule has 0 aliphatic carbocycles. The molecule has 0 aromatic rings. The van der Waals surface area contributed by atoms with Crippen LogP contribution < -0.4 is 0 Å². The molecule has 3 atom stereocenters. The van der Waals surface area contributed by atoms with Gasteiger partial charge in [-0.25, -0.2) is 9.98 Å². The van der Waals surface area contributed by atoms with Crippen molar-refractivity contribution in [2.24, 2.45) is 26.8 Å². The van der Waals surface area contributed by atoms with Crippen LogP contribution in [0.3, 0.4) is 0 Å². The molecule has 0 amide bonds. The van der Waals surface area contributed by atoms with Gasteiger partial charge >= 0.3 is 0 Å². The second-order valence-electron chi connectivity index (χ2n) is 5.78. The van der Waals surface area contributed by atoms with Crippen molar-refractivity contribution < 1.29 is 0 Å². The highest BCUT2D eigenvalue weighted by atomic mass is 35.5. The van der Waals surface area contributed by atoms with Crippen LogP contribution in [0.1, 0.15) is 20.8 Å². The highest BCUT2D eigenvalue weighted by molar-refractivity contribution is 6.30. The fourth-order valence-corrected chi connectivity index (χ4v) is 2.98. The summed E-state index contributed by atoms with van der Waals surface area (Å²) < 4.78 is 0. The molecule has 0 spiro atoms. The third-order valence-electron chi connectivity index (χ3n) is 4.55. The Kier molecular flexibility index (Phi) is 3.81. The summed E-state index contributed by atoms with van der Waals surface area (Å²) in [4.78, 5) is 15.1. The van der Waals surface area contributed by atoms with Crippen LogP contribution in [0.4, 0.5) is 0 Å². The highest BCUT2D eigenvalue weighted by Gasteiger charge is 2.28. The Morgan fingerprint density at radius 2 is 2.05 bits per heavy atom. The summed E-state index contributed by atoms with van der Waals surface area (Å²) in [6.07, 6.45) is 9.49. The average Bonchev–Trinajstić information content (AvgIpc) is 2.77. The molecule has 3 heterocycles. The van der Waals surface area contributed by atoms with Gasteiger partial charge < -0.3 is 4.90 Å². The Balaban J connectivity index is 1.83. The minimum absolute atomic E-state index is 0.0464. The summed E-state index contributed by atoms with van der Waals surface area (Å²) in [6.45, 7) is 7.41. The zero-order chi connectivity index (χ0) is 15.0. The maximum atomic E-state index is 6.18. The maximum Gasteiger partial charge on any atom is 0.136 e. The van der Waals surface area contributed by atoms with E-state index in [1.807, 2.05) is 18.5 Å². The van der Waals surface area contributed by atoms with Crippen molar-refractivity contribution in [3.63, 3.8) is 0 Å². The molecule has 0 N–H and O–H groups in total. The van der Waals surface area contributed by atoms with Crippen LogP contribution in [-0.2, 0) is 0 Å². The summed E-state index contributed by atoms with van der Waals surface area (Å²) in [6, 6.07) is 0.0464. The molecule has 0 fully saturated rings. The maximum absolute atomic E-state index is 6.18. The minimum atomic E-state index is 0.0464. The van der Waals surface area contributed by atoms with Gasteiger partial charge in [-0.15, -0.1) is 0 Å². The predicted molar refractivity (Wildman–Crippen MR) is 89.0 cm³/mol. The lowest BCUT2D eigenvalue weighted by molar-refractivity contribution is 0.410. The first-order chi connectivity index (χ1) is 10.1. The molecular formula is C16H19ClN4. The molecule has 0 bridgehead atoms. The first-order valence-corrected chi connectivity index (χ1v) is 7.59. The number of hydrogen-bond acceptors (Lipinski definition) is 4. The number of halogens is 1. The Hall–Kier alpha value is -1.68.